The van der Waals surface area contributed by atoms with Gasteiger partial charge in [0.1, 0.15) is 0 Å². The smallest absolute Gasteiger partial charge is 0.237 e. The summed E-state index contributed by atoms with van der Waals surface area (Å²) in [6.07, 6.45) is 0.488. The van der Waals surface area contributed by atoms with E-state index in [1.807, 2.05) is 0 Å². The van der Waals surface area contributed by atoms with Gasteiger partial charge >= 0.3 is 0 Å². The van der Waals surface area contributed by atoms with Crippen molar-refractivity contribution in [3.05, 3.63) is 33.8 Å². The van der Waals surface area contributed by atoms with Gasteiger partial charge in [0.2, 0.25) is 17.7 Å². The summed E-state index contributed by atoms with van der Waals surface area (Å²) in [5, 5.41) is 0.823. The molecular weight excluding hydrogens is 317 g/mol. The first-order valence-electron chi connectivity index (χ1n) is 6.08. The fraction of sp³-hybridized carbons (Fsp3) is 0.308. The molecule has 0 atom stereocenters. The van der Waals surface area contributed by atoms with E-state index < -0.39 is 17.7 Å². The molecule has 8 heteroatoms. The number of rotatable bonds is 7. The van der Waals surface area contributed by atoms with Gasteiger partial charge in [0.25, 0.3) is 0 Å². The van der Waals surface area contributed by atoms with E-state index in [1.54, 1.807) is 18.2 Å². The summed E-state index contributed by atoms with van der Waals surface area (Å²) in [5.41, 5.74) is 10.9. The van der Waals surface area contributed by atoms with Crippen molar-refractivity contribution in [2.45, 2.75) is 12.8 Å². The molecule has 1 rings (SSSR count). The van der Waals surface area contributed by atoms with Crippen LogP contribution in [0.5, 0.6) is 0 Å². The first-order chi connectivity index (χ1) is 9.79. The molecule has 0 fully saturated rings. The van der Waals surface area contributed by atoms with Gasteiger partial charge in [-0.3, -0.25) is 14.4 Å². The monoisotopic (exact) mass is 331 g/mol. The normalized spacial score (nSPS) is 10.2. The van der Waals surface area contributed by atoms with E-state index in [2.05, 4.69) is 0 Å². The highest BCUT2D eigenvalue weighted by Crippen LogP contribution is 2.23. The van der Waals surface area contributed by atoms with Crippen LogP contribution in [0, 0.1) is 0 Å². The third-order valence-corrected chi connectivity index (χ3v) is 3.40. The van der Waals surface area contributed by atoms with Gasteiger partial charge in [0, 0.05) is 6.42 Å². The number of carbonyl (C=O) groups is 3. The maximum atomic E-state index is 12.0. The number of aryl methyl sites for hydroxylation is 1. The largest absolute Gasteiger partial charge is 0.368 e. The lowest BCUT2D eigenvalue weighted by Gasteiger charge is -2.19. The molecule has 6 nitrogen and oxygen atoms in total. The first-order valence-corrected chi connectivity index (χ1v) is 6.83. The van der Waals surface area contributed by atoms with Crippen LogP contribution in [-0.2, 0) is 20.8 Å². The fourth-order valence-corrected chi connectivity index (χ4v) is 2.03. The minimum Gasteiger partial charge on any atom is -0.368 e. The van der Waals surface area contributed by atoms with Crippen LogP contribution in [0.2, 0.25) is 10.0 Å². The summed E-state index contributed by atoms with van der Waals surface area (Å²) in [4.78, 5) is 34.8. The highest BCUT2D eigenvalue weighted by Gasteiger charge is 2.17. The Kier molecular flexibility index (Phi) is 6.45. The van der Waals surface area contributed by atoms with Crippen LogP contribution in [0.4, 0.5) is 0 Å². The highest BCUT2D eigenvalue weighted by atomic mass is 35.5. The Bertz CT molecular complexity index is 548. The lowest BCUT2D eigenvalue weighted by atomic mass is 10.1. The molecule has 0 aromatic heterocycles. The van der Waals surface area contributed by atoms with E-state index in [0.29, 0.717) is 16.5 Å². The van der Waals surface area contributed by atoms with Gasteiger partial charge in [-0.05, 0) is 24.1 Å². The minimum absolute atomic E-state index is 0.0958. The maximum Gasteiger partial charge on any atom is 0.237 e. The molecule has 0 unspecified atom stereocenters. The molecule has 1 aromatic rings. The molecule has 0 saturated heterocycles. The highest BCUT2D eigenvalue weighted by molar-refractivity contribution is 6.42. The Morgan fingerprint density at radius 2 is 1.57 bits per heavy atom. The van der Waals surface area contributed by atoms with E-state index in [0.717, 1.165) is 10.5 Å². The SMILES string of the molecule is NC(=O)CN(CC(N)=O)C(=O)CCc1ccc(Cl)c(Cl)c1. The van der Waals surface area contributed by atoms with Crippen LogP contribution in [0.15, 0.2) is 18.2 Å². The number of benzene rings is 1. The lowest BCUT2D eigenvalue weighted by molar-refractivity contribution is -0.138. The van der Waals surface area contributed by atoms with Crippen molar-refractivity contribution in [1.82, 2.24) is 4.90 Å². The quantitative estimate of drug-likeness (QED) is 0.768. The zero-order chi connectivity index (χ0) is 16.0. The molecule has 0 aliphatic carbocycles. The second-order valence-electron chi connectivity index (χ2n) is 4.43. The lowest BCUT2D eigenvalue weighted by Crippen LogP contribution is -2.43. The summed E-state index contributed by atoms with van der Waals surface area (Å²) < 4.78 is 0. The van der Waals surface area contributed by atoms with Crippen molar-refractivity contribution in [3.63, 3.8) is 0 Å². The molecule has 4 N–H and O–H groups in total. The molecule has 0 bridgehead atoms. The third-order valence-electron chi connectivity index (χ3n) is 2.66. The molecule has 0 heterocycles. The van der Waals surface area contributed by atoms with Crippen LogP contribution in [-0.4, -0.2) is 35.7 Å². The Hall–Kier alpha value is -1.79. The van der Waals surface area contributed by atoms with Crippen molar-refractivity contribution in [2.24, 2.45) is 11.5 Å². The average Bonchev–Trinajstić information content (AvgIpc) is 2.38. The molecule has 0 aliphatic heterocycles. The number of carbonyl (C=O) groups excluding carboxylic acids is 3. The Morgan fingerprint density at radius 1 is 1.00 bits per heavy atom. The summed E-state index contributed by atoms with van der Waals surface area (Å²) in [7, 11) is 0. The van der Waals surface area contributed by atoms with Crippen molar-refractivity contribution in [3.8, 4) is 0 Å². The number of halogens is 2. The van der Waals surface area contributed by atoms with Crippen LogP contribution in [0.3, 0.4) is 0 Å². The number of hydrogen-bond donors (Lipinski definition) is 2. The third kappa shape index (κ3) is 6.01. The number of hydrogen-bond acceptors (Lipinski definition) is 3. The van der Waals surface area contributed by atoms with Crippen LogP contribution < -0.4 is 11.5 Å². The maximum absolute atomic E-state index is 12.0. The van der Waals surface area contributed by atoms with Gasteiger partial charge in [0.05, 0.1) is 23.1 Å². The van der Waals surface area contributed by atoms with E-state index in [-0.39, 0.29) is 19.5 Å². The van der Waals surface area contributed by atoms with Gasteiger partial charge in [0.15, 0.2) is 0 Å². The van der Waals surface area contributed by atoms with E-state index in [1.165, 1.54) is 0 Å². The molecule has 3 amide bonds. The molecule has 0 spiro atoms. The van der Waals surface area contributed by atoms with Crippen LogP contribution >= 0.6 is 23.2 Å². The zero-order valence-electron chi connectivity index (χ0n) is 11.1. The van der Waals surface area contributed by atoms with E-state index in [9.17, 15) is 14.4 Å². The molecule has 21 heavy (non-hydrogen) atoms. The van der Waals surface area contributed by atoms with Crippen molar-refractivity contribution >= 4 is 40.9 Å². The molecule has 0 aliphatic rings. The Balaban J connectivity index is 2.65. The predicted molar refractivity (Wildman–Crippen MR) is 79.8 cm³/mol. The number of nitrogens with two attached hydrogens (primary N) is 2. The van der Waals surface area contributed by atoms with Gasteiger partial charge in [-0.1, -0.05) is 29.3 Å². The van der Waals surface area contributed by atoms with Crippen molar-refractivity contribution in [1.29, 1.82) is 0 Å². The standard InChI is InChI=1S/C13H15Cl2N3O3/c14-9-3-1-8(5-10(9)15)2-4-13(21)18(6-11(16)19)7-12(17)20/h1,3,5H,2,4,6-7H2,(H2,16,19)(H2,17,20). The van der Waals surface area contributed by atoms with Gasteiger partial charge in [-0.15, -0.1) is 0 Å². The van der Waals surface area contributed by atoms with Gasteiger partial charge < -0.3 is 16.4 Å². The Labute approximate surface area is 132 Å². The van der Waals surface area contributed by atoms with Crippen molar-refractivity contribution < 1.29 is 14.4 Å². The Morgan fingerprint density at radius 3 is 2.05 bits per heavy atom. The zero-order valence-corrected chi connectivity index (χ0v) is 12.7. The van der Waals surface area contributed by atoms with E-state index in [4.69, 9.17) is 34.7 Å². The average molecular weight is 332 g/mol. The van der Waals surface area contributed by atoms with Gasteiger partial charge in [-0.2, -0.15) is 0 Å². The predicted octanol–water partition coefficient (Wildman–Crippen LogP) is 0.725. The summed E-state index contributed by atoms with van der Waals surface area (Å²) in [6.45, 7) is -0.688. The van der Waals surface area contributed by atoms with Crippen LogP contribution in [0.1, 0.15) is 12.0 Å². The summed E-state index contributed by atoms with van der Waals surface area (Å²) in [6, 6.07) is 5.03. The molecule has 1 aromatic carbocycles. The van der Waals surface area contributed by atoms with Crippen molar-refractivity contribution in [2.75, 3.05) is 13.1 Å². The fourth-order valence-electron chi connectivity index (χ4n) is 1.71. The second kappa shape index (κ2) is 7.85. The summed E-state index contributed by atoms with van der Waals surface area (Å²) in [5.74, 6) is -1.81. The number of primary amides is 2. The topological polar surface area (TPSA) is 106 Å². The van der Waals surface area contributed by atoms with Gasteiger partial charge in [-0.25, -0.2) is 0 Å². The molecule has 0 radical (unpaired) electrons. The molecule has 0 saturated carbocycles. The molecular formula is C13H15Cl2N3O3. The summed E-state index contributed by atoms with van der Waals surface area (Å²) >= 11 is 11.7. The first kappa shape index (κ1) is 17.3. The number of amides is 3. The number of nitrogens with zero attached hydrogens (tertiary/aromatic N) is 1. The molecule has 114 valence electrons. The van der Waals surface area contributed by atoms with Crippen LogP contribution in [0.25, 0.3) is 0 Å². The second-order valence-corrected chi connectivity index (χ2v) is 5.25. The van der Waals surface area contributed by atoms with E-state index >= 15 is 0 Å². The minimum atomic E-state index is -0.709.